The number of hydrogen-bond donors (Lipinski definition) is 0. The number of esters is 1. The van der Waals surface area contributed by atoms with E-state index in [0.717, 1.165) is 43.6 Å². The lowest BCUT2D eigenvalue weighted by atomic mass is 9.95. The summed E-state index contributed by atoms with van der Waals surface area (Å²) in [5, 5.41) is 0. The quantitative estimate of drug-likeness (QED) is 0.232. The minimum absolute atomic E-state index is 0.00837. The number of ether oxygens (including phenoxy) is 2. The monoisotopic (exact) mass is 388 g/mol. The third-order valence-corrected chi connectivity index (χ3v) is 5.76. The molecule has 0 aromatic heterocycles. The lowest BCUT2D eigenvalue weighted by Gasteiger charge is -2.11. The van der Waals surface area contributed by atoms with Gasteiger partial charge in [0, 0.05) is 6.42 Å². The molecule has 1 aliphatic rings. The normalized spacial score (nSPS) is 19.0. The SMILES string of the molecule is CCCCCCCCC1CC(c2ccc(OCCCCCCC)cc2)OC1=O. The van der Waals surface area contributed by atoms with Gasteiger partial charge in [0.15, 0.2) is 0 Å². The van der Waals surface area contributed by atoms with Gasteiger partial charge in [-0.05, 0) is 30.5 Å². The van der Waals surface area contributed by atoms with Crippen LogP contribution >= 0.6 is 0 Å². The summed E-state index contributed by atoms with van der Waals surface area (Å²) in [5.41, 5.74) is 1.09. The molecule has 2 unspecified atom stereocenters. The van der Waals surface area contributed by atoms with Gasteiger partial charge in [-0.15, -0.1) is 0 Å². The van der Waals surface area contributed by atoms with Crippen molar-refractivity contribution in [2.75, 3.05) is 6.61 Å². The van der Waals surface area contributed by atoms with Crippen molar-refractivity contribution in [1.29, 1.82) is 0 Å². The first-order chi connectivity index (χ1) is 13.7. The van der Waals surface area contributed by atoms with Gasteiger partial charge in [0.2, 0.25) is 0 Å². The van der Waals surface area contributed by atoms with E-state index in [1.165, 1.54) is 57.8 Å². The molecule has 28 heavy (non-hydrogen) atoms. The van der Waals surface area contributed by atoms with Gasteiger partial charge >= 0.3 is 5.97 Å². The molecule has 0 aliphatic carbocycles. The van der Waals surface area contributed by atoms with Crippen molar-refractivity contribution >= 4 is 5.97 Å². The molecule has 2 rings (SSSR count). The van der Waals surface area contributed by atoms with Crippen LogP contribution in [-0.4, -0.2) is 12.6 Å². The maximum atomic E-state index is 12.2. The Morgan fingerprint density at radius 1 is 0.857 bits per heavy atom. The molecule has 1 heterocycles. The highest BCUT2D eigenvalue weighted by Crippen LogP contribution is 2.36. The van der Waals surface area contributed by atoms with Crippen molar-refractivity contribution in [2.45, 2.75) is 103 Å². The summed E-state index contributed by atoms with van der Waals surface area (Å²) in [5.74, 6) is 0.980. The third-order valence-electron chi connectivity index (χ3n) is 5.76. The Balaban J connectivity index is 1.67. The highest BCUT2D eigenvalue weighted by molar-refractivity contribution is 5.74. The van der Waals surface area contributed by atoms with E-state index in [-0.39, 0.29) is 18.0 Å². The van der Waals surface area contributed by atoms with Crippen LogP contribution in [0.3, 0.4) is 0 Å². The maximum absolute atomic E-state index is 12.2. The lowest BCUT2D eigenvalue weighted by Crippen LogP contribution is -2.07. The fourth-order valence-electron chi connectivity index (χ4n) is 3.92. The highest BCUT2D eigenvalue weighted by Gasteiger charge is 2.34. The average Bonchev–Trinajstić information content (AvgIpc) is 3.08. The van der Waals surface area contributed by atoms with Gasteiger partial charge in [-0.1, -0.05) is 90.2 Å². The predicted molar refractivity (Wildman–Crippen MR) is 116 cm³/mol. The summed E-state index contributed by atoms with van der Waals surface area (Å²) in [4.78, 5) is 12.2. The van der Waals surface area contributed by atoms with Crippen molar-refractivity contribution in [2.24, 2.45) is 5.92 Å². The predicted octanol–water partition coefficient (Wildman–Crippen LogP) is 7.39. The zero-order chi connectivity index (χ0) is 20.0. The Labute approximate surface area is 172 Å². The van der Waals surface area contributed by atoms with Crippen LogP contribution < -0.4 is 4.74 Å². The molecule has 1 saturated heterocycles. The van der Waals surface area contributed by atoms with Crippen molar-refractivity contribution in [3.05, 3.63) is 29.8 Å². The molecular weight excluding hydrogens is 348 g/mol. The van der Waals surface area contributed by atoms with Gasteiger partial charge < -0.3 is 9.47 Å². The Kier molecular flexibility index (Phi) is 11.1. The van der Waals surface area contributed by atoms with Gasteiger partial charge in [0.05, 0.1) is 12.5 Å². The second kappa shape index (κ2) is 13.6. The summed E-state index contributed by atoms with van der Waals surface area (Å²) in [6, 6.07) is 8.13. The second-order valence-corrected chi connectivity index (χ2v) is 8.25. The number of carbonyl (C=O) groups excluding carboxylic acids is 1. The van der Waals surface area contributed by atoms with E-state index < -0.39 is 0 Å². The Hall–Kier alpha value is -1.51. The molecule has 158 valence electrons. The number of carbonyl (C=O) groups is 1. The van der Waals surface area contributed by atoms with Crippen LogP contribution in [0.2, 0.25) is 0 Å². The molecule has 2 atom stereocenters. The third kappa shape index (κ3) is 8.24. The number of cyclic esters (lactones) is 1. The van der Waals surface area contributed by atoms with E-state index in [9.17, 15) is 4.79 Å². The molecular formula is C25H40O3. The number of unbranched alkanes of at least 4 members (excludes halogenated alkanes) is 9. The van der Waals surface area contributed by atoms with Gasteiger partial charge in [-0.25, -0.2) is 0 Å². The van der Waals surface area contributed by atoms with Crippen molar-refractivity contribution in [3.8, 4) is 5.75 Å². The van der Waals surface area contributed by atoms with Gasteiger partial charge in [-0.2, -0.15) is 0 Å². The van der Waals surface area contributed by atoms with Gasteiger partial charge in [0.1, 0.15) is 11.9 Å². The van der Waals surface area contributed by atoms with Crippen LogP contribution in [0.15, 0.2) is 24.3 Å². The molecule has 1 aromatic carbocycles. The molecule has 3 heteroatoms. The number of hydrogen-bond acceptors (Lipinski definition) is 3. The Bertz CT molecular complexity index is 537. The molecule has 0 radical (unpaired) electrons. The van der Waals surface area contributed by atoms with Crippen LogP contribution in [0.1, 0.15) is 109 Å². The van der Waals surface area contributed by atoms with Crippen molar-refractivity contribution < 1.29 is 14.3 Å². The maximum Gasteiger partial charge on any atom is 0.309 e. The molecule has 0 spiro atoms. The standard InChI is InChI=1S/C25H40O3/c1-3-5-7-9-10-12-14-22-20-24(28-25(22)26)21-15-17-23(18-16-21)27-19-13-11-8-6-4-2/h15-18,22,24H,3-14,19-20H2,1-2H3. The van der Waals surface area contributed by atoms with Crippen LogP contribution in [0.5, 0.6) is 5.75 Å². The minimum Gasteiger partial charge on any atom is -0.494 e. The smallest absolute Gasteiger partial charge is 0.309 e. The molecule has 0 N–H and O–H groups in total. The van der Waals surface area contributed by atoms with Crippen LogP contribution in [0.4, 0.5) is 0 Å². The fraction of sp³-hybridized carbons (Fsp3) is 0.720. The van der Waals surface area contributed by atoms with Gasteiger partial charge in [-0.3, -0.25) is 4.79 Å². The van der Waals surface area contributed by atoms with Crippen LogP contribution in [0, 0.1) is 5.92 Å². The molecule has 0 bridgehead atoms. The minimum atomic E-state index is -0.0827. The molecule has 0 saturated carbocycles. The summed E-state index contributed by atoms with van der Waals surface area (Å²) in [7, 11) is 0. The first-order valence-corrected chi connectivity index (χ1v) is 11.7. The van der Waals surface area contributed by atoms with E-state index in [0.29, 0.717) is 0 Å². The molecule has 3 nitrogen and oxygen atoms in total. The van der Waals surface area contributed by atoms with Gasteiger partial charge in [0.25, 0.3) is 0 Å². The largest absolute Gasteiger partial charge is 0.494 e. The van der Waals surface area contributed by atoms with E-state index in [1.807, 2.05) is 12.1 Å². The molecule has 1 aromatic rings. The van der Waals surface area contributed by atoms with E-state index in [1.54, 1.807) is 0 Å². The topological polar surface area (TPSA) is 35.5 Å². The molecule has 1 aliphatic heterocycles. The first-order valence-electron chi connectivity index (χ1n) is 11.7. The highest BCUT2D eigenvalue weighted by atomic mass is 16.6. The van der Waals surface area contributed by atoms with E-state index in [4.69, 9.17) is 9.47 Å². The summed E-state index contributed by atoms with van der Waals surface area (Å²) < 4.78 is 11.5. The van der Waals surface area contributed by atoms with E-state index >= 15 is 0 Å². The Morgan fingerprint density at radius 3 is 2.14 bits per heavy atom. The summed E-state index contributed by atoms with van der Waals surface area (Å²) in [6.45, 7) is 5.25. The molecule has 0 amide bonds. The van der Waals surface area contributed by atoms with Crippen LogP contribution in [-0.2, 0) is 9.53 Å². The average molecular weight is 389 g/mol. The van der Waals surface area contributed by atoms with E-state index in [2.05, 4.69) is 26.0 Å². The fourth-order valence-corrected chi connectivity index (χ4v) is 3.92. The summed E-state index contributed by atoms with van der Waals surface area (Å²) in [6.07, 6.45) is 15.5. The molecule has 1 fully saturated rings. The number of benzene rings is 1. The lowest BCUT2D eigenvalue weighted by molar-refractivity contribution is -0.144. The first kappa shape index (κ1) is 22.8. The van der Waals surface area contributed by atoms with Crippen molar-refractivity contribution in [1.82, 2.24) is 0 Å². The Morgan fingerprint density at radius 2 is 1.46 bits per heavy atom. The van der Waals surface area contributed by atoms with Crippen LogP contribution in [0.25, 0.3) is 0 Å². The zero-order valence-electron chi connectivity index (χ0n) is 18.1. The van der Waals surface area contributed by atoms with Crippen molar-refractivity contribution in [3.63, 3.8) is 0 Å². The second-order valence-electron chi connectivity index (χ2n) is 8.25. The summed E-state index contributed by atoms with van der Waals surface area (Å²) >= 11 is 0. The number of rotatable bonds is 15. The zero-order valence-corrected chi connectivity index (χ0v) is 18.1.